The fraction of sp³-hybridized carbons (Fsp3) is 0.500. The molecule has 2 unspecified atom stereocenters. The van der Waals surface area contributed by atoms with E-state index in [1.807, 2.05) is 133 Å². The highest BCUT2D eigenvalue weighted by atomic mass is 16.6. The molecule has 54 heavy (non-hydrogen) atoms. The van der Waals surface area contributed by atoms with Gasteiger partial charge < -0.3 is 30.8 Å². The Morgan fingerprint density at radius 2 is 1.44 bits per heavy atom. The third-order valence-electron chi connectivity index (χ3n) is 8.15. The first-order chi connectivity index (χ1) is 24.9. The highest BCUT2D eigenvalue weighted by molar-refractivity contribution is 5.90. The molecule has 0 aliphatic rings. The molecule has 2 aromatic carbocycles. The number of carbonyl (C=O) groups excluding carboxylic acids is 2. The number of rotatable bonds is 8. The van der Waals surface area contributed by atoms with Crippen LogP contribution in [-0.2, 0) is 9.47 Å². The molecule has 10 heteroatoms. The number of carbonyl (C=O) groups is 2. The predicted octanol–water partition coefficient (Wildman–Crippen LogP) is 9.07. The minimum absolute atomic E-state index is 0.241. The van der Waals surface area contributed by atoms with Gasteiger partial charge in [-0.3, -0.25) is 4.99 Å². The lowest BCUT2D eigenvalue weighted by Crippen LogP contribution is -2.53. The molecular formula is C44H60N6O4. The first kappa shape index (κ1) is 43.2. The number of nitrogens with two attached hydrogens (primary N) is 1. The lowest BCUT2D eigenvalue weighted by Gasteiger charge is -2.32. The van der Waals surface area contributed by atoms with Crippen molar-refractivity contribution in [3.05, 3.63) is 66.1 Å². The minimum Gasteiger partial charge on any atom is -0.444 e. The summed E-state index contributed by atoms with van der Waals surface area (Å²) in [6.07, 6.45) is 4.66. The maximum atomic E-state index is 12.6. The molecule has 2 amide bonds. The molecule has 0 radical (unpaired) electrons. The van der Waals surface area contributed by atoms with E-state index in [-0.39, 0.29) is 23.4 Å². The van der Waals surface area contributed by atoms with Crippen LogP contribution in [-0.4, -0.2) is 51.3 Å². The molecule has 0 spiro atoms. The number of amides is 2. The lowest BCUT2D eigenvalue weighted by atomic mass is 9.86. The Hall–Kier alpha value is -5.22. The number of ether oxygens (including phenoxy) is 2. The van der Waals surface area contributed by atoms with Crippen molar-refractivity contribution in [3.63, 3.8) is 0 Å². The van der Waals surface area contributed by atoms with Gasteiger partial charge in [0.1, 0.15) is 22.9 Å². The van der Waals surface area contributed by atoms with Gasteiger partial charge in [-0.1, -0.05) is 83.7 Å². The van der Waals surface area contributed by atoms with E-state index in [0.717, 1.165) is 27.6 Å². The highest BCUT2D eigenvalue weighted by Gasteiger charge is 2.33. The molecule has 4 atom stereocenters. The monoisotopic (exact) mass is 736 g/mol. The van der Waals surface area contributed by atoms with Gasteiger partial charge in [-0.15, -0.1) is 0 Å². The molecule has 5 N–H and O–H groups in total. The number of nitrogens with one attached hydrogen (secondary N) is 3. The van der Waals surface area contributed by atoms with E-state index in [1.165, 1.54) is 0 Å². The molecule has 290 valence electrons. The van der Waals surface area contributed by atoms with Crippen molar-refractivity contribution in [3.8, 4) is 34.9 Å². The van der Waals surface area contributed by atoms with Crippen LogP contribution in [0.5, 0.6) is 0 Å². The number of amidine groups is 1. The summed E-state index contributed by atoms with van der Waals surface area (Å²) in [5, 5.41) is 7.97. The van der Waals surface area contributed by atoms with Gasteiger partial charge in [0.2, 0.25) is 0 Å². The number of hydrogen-bond acceptors (Lipinski definition) is 6. The van der Waals surface area contributed by atoms with E-state index in [2.05, 4.69) is 56.4 Å². The van der Waals surface area contributed by atoms with E-state index >= 15 is 0 Å². The van der Waals surface area contributed by atoms with Gasteiger partial charge >= 0.3 is 12.2 Å². The number of benzene rings is 2. The van der Waals surface area contributed by atoms with Crippen molar-refractivity contribution in [2.24, 2.45) is 27.5 Å². The Labute approximate surface area is 322 Å². The number of H-pyrrole nitrogens is 1. The van der Waals surface area contributed by atoms with Crippen LogP contribution in [0, 0.1) is 40.4 Å². The number of allylic oxidation sites excluding steroid dienone is 1. The fourth-order valence-corrected chi connectivity index (χ4v) is 5.55. The predicted molar refractivity (Wildman–Crippen MR) is 220 cm³/mol. The van der Waals surface area contributed by atoms with E-state index in [0.29, 0.717) is 11.7 Å². The number of aliphatic imine (C=N–C) groups is 1. The molecule has 3 aromatic rings. The van der Waals surface area contributed by atoms with Gasteiger partial charge in [0, 0.05) is 11.1 Å². The summed E-state index contributed by atoms with van der Waals surface area (Å²) in [5.41, 5.74) is 7.18. The molecule has 0 bridgehead atoms. The zero-order chi connectivity index (χ0) is 40.6. The van der Waals surface area contributed by atoms with Crippen molar-refractivity contribution < 1.29 is 19.1 Å². The Morgan fingerprint density at radius 1 is 0.852 bits per heavy atom. The molecule has 0 aliphatic carbocycles. The molecule has 1 heterocycles. The maximum absolute atomic E-state index is 12.6. The second kappa shape index (κ2) is 17.3. The number of fused-ring (bicyclic) bond motifs is 1. The average Bonchev–Trinajstić information content (AvgIpc) is 3.50. The lowest BCUT2D eigenvalue weighted by molar-refractivity contribution is 0.0455. The van der Waals surface area contributed by atoms with Crippen molar-refractivity contribution in [1.82, 2.24) is 20.6 Å². The Bertz CT molecular complexity index is 1970. The van der Waals surface area contributed by atoms with Crippen LogP contribution in [0.3, 0.4) is 0 Å². The Morgan fingerprint density at radius 3 is 2.02 bits per heavy atom. The number of aromatic nitrogens is 2. The molecule has 3 rings (SSSR count). The second-order valence-electron chi connectivity index (χ2n) is 17.7. The zero-order valence-corrected chi connectivity index (χ0v) is 34.6. The second-order valence-corrected chi connectivity index (χ2v) is 17.7. The molecule has 0 saturated heterocycles. The number of imidazole rings is 1. The molecule has 0 fully saturated rings. The van der Waals surface area contributed by atoms with Crippen LogP contribution < -0.4 is 16.4 Å². The number of alkyl carbamates (subject to hydrolysis) is 2. The van der Waals surface area contributed by atoms with Gasteiger partial charge in [-0.05, 0) is 107 Å². The van der Waals surface area contributed by atoms with Gasteiger partial charge in [0.25, 0.3) is 0 Å². The smallest absolute Gasteiger partial charge is 0.408 e. The molecule has 1 aromatic heterocycles. The molecule has 10 nitrogen and oxygen atoms in total. The van der Waals surface area contributed by atoms with Crippen molar-refractivity contribution in [2.45, 2.75) is 126 Å². The first-order valence-corrected chi connectivity index (χ1v) is 18.4. The zero-order valence-electron chi connectivity index (χ0n) is 34.6. The van der Waals surface area contributed by atoms with Gasteiger partial charge in [-0.25, -0.2) is 14.6 Å². The van der Waals surface area contributed by atoms with Crippen LogP contribution in [0.25, 0.3) is 22.0 Å². The van der Waals surface area contributed by atoms with Crippen LogP contribution in [0.15, 0.2) is 59.7 Å². The summed E-state index contributed by atoms with van der Waals surface area (Å²) in [6.45, 7) is 26.9. The SMILES string of the molecule is C/C=C\C(C#CC#Cc1ccc2cc(-c3cnc([C@@H](NC(=O)OC(C)(C)C)C(C)(C)C)[nH]3)ccc2c1)C(C)N=C(N)[C@@H](NC(=O)OC(C)(C)C)C(C)(C)C. The molecular weight excluding hydrogens is 677 g/mol. The summed E-state index contributed by atoms with van der Waals surface area (Å²) in [4.78, 5) is 38.0. The standard InChI is InChI=1S/C44H60N6O4/c1-15-18-30(28(2)47-37(45)35(41(3,4)5)49-39(51)53-43(9,10)11)20-17-16-19-29-21-22-32-26-33(24-23-31(32)25-29)34-27-46-38(48-34)36(42(6,7)8)50-40(52)54-44(12,13)14/h15,18,21-28,30,35-36H,1-14H3,(H2,45,47)(H,46,48)(H,49,51)(H,50,52)/b18-15-/t28?,30?,35-,36-/m1/s1. The number of hydrogen-bond donors (Lipinski definition) is 4. The fourth-order valence-electron chi connectivity index (χ4n) is 5.55. The summed E-state index contributed by atoms with van der Waals surface area (Å²) < 4.78 is 11.0. The Kier molecular flexibility index (Phi) is 13.8. The van der Waals surface area contributed by atoms with E-state index in [1.54, 1.807) is 6.20 Å². The maximum Gasteiger partial charge on any atom is 0.408 e. The van der Waals surface area contributed by atoms with Crippen LogP contribution >= 0.6 is 0 Å². The van der Waals surface area contributed by atoms with Crippen molar-refractivity contribution in [2.75, 3.05) is 0 Å². The third kappa shape index (κ3) is 13.3. The number of aromatic amines is 1. The van der Waals surface area contributed by atoms with E-state index in [4.69, 9.17) is 20.2 Å². The topological polar surface area (TPSA) is 144 Å². The Balaban J connectivity index is 1.78. The summed E-state index contributed by atoms with van der Waals surface area (Å²) in [5.74, 6) is 13.1. The van der Waals surface area contributed by atoms with Gasteiger partial charge in [-0.2, -0.15) is 0 Å². The first-order valence-electron chi connectivity index (χ1n) is 18.4. The largest absolute Gasteiger partial charge is 0.444 e. The van der Waals surface area contributed by atoms with Crippen molar-refractivity contribution in [1.29, 1.82) is 0 Å². The molecule has 0 aliphatic heterocycles. The van der Waals surface area contributed by atoms with Gasteiger partial charge in [0.15, 0.2) is 0 Å². The van der Waals surface area contributed by atoms with Crippen LogP contribution in [0.2, 0.25) is 0 Å². The van der Waals surface area contributed by atoms with Crippen LogP contribution in [0.1, 0.15) is 114 Å². The quantitative estimate of drug-likeness (QED) is 0.0787. The third-order valence-corrected chi connectivity index (χ3v) is 8.15. The van der Waals surface area contributed by atoms with E-state index in [9.17, 15) is 9.59 Å². The highest BCUT2D eigenvalue weighted by Crippen LogP contribution is 2.33. The normalized spacial score (nSPS) is 14.9. The van der Waals surface area contributed by atoms with Gasteiger partial charge in [0.05, 0.1) is 35.9 Å². The summed E-state index contributed by atoms with van der Waals surface area (Å²) in [6, 6.07) is 11.0. The average molecular weight is 737 g/mol. The summed E-state index contributed by atoms with van der Waals surface area (Å²) in [7, 11) is 0. The molecule has 0 saturated carbocycles. The summed E-state index contributed by atoms with van der Waals surface area (Å²) >= 11 is 0. The van der Waals surface area contributed by atoms with Crippen molar-refractivity contribution >= 4 is 28.8 Å². The minimum atomic E-state index is -0.635. The van der Waals surface area contributed by atoms with Crippen LogP contribution in [0.4, 0.5) is 9.59 Å². The number of nitrogens with zero attached hydrogens (tertiary/aromatic N) is 2. The van der Waals surface area contributed by atoms with E-state index < -0.39 is 34.8 Å².